The largest absolute Gasteiger partial charge is 0.323 e. The van der Waals surface area contributed by atoms with Crippen LogP contribution in [0.5, 0.6) is 0 Å². The van der Waals surface area contributed by atoms with Crippen LogP contribution < -0.4 is 5.32 Å². The molecule has 0 unspecified atom stereocenters. The maximum absolute atomic E-state index is 11.8. The van der Waals surface area contributed by atoms with Gasteiger partial charge >= 0.3 is 0 Å². The Morgan fingerprint density at radius 1 is 1.42 bits per heavy atom. The lowest BCUT2D eigenvalue weighted by Gasteiger charge is -2.05. The van der Waals surface area contributed by atoms with Crippen LogP contribution in [0, 0.1) is 6.92 Å². The van der Waals surface area contributed by atoms with Crippen molar-refractivity contribution in [3.63, 3.8) is 0 Å². The first-order valence-corrected chi connectivity index (χ1v) is 6.89. The van der Waals surface area contributed by atoms with E-state index in [0.29, 0.717) is 13.0 Å². The number of aryl methyl sites for hydroxylation is 2. The first-order valence-electron chi connectivity index (χ1n) is 6.10. The van der Waals surface area contributed by atoms with Crippen molar-refractivity contribution in [2.75, 3.05) is 5.32 Å². The molecular weight excluding hydrogens is 310 g/mol. The number of amides is 1. The fourth-order valence-corrected chi connectivity index (χ4v) is 2.11. The van der Waals surface area contributed by atoms with Crippen LogP contribution in [0.4, 0.5) is 5.69 Å². The molecule has 19 heavy (non-hydrogen) atoms. The number of halogens is 1. The van der Waals surface area contributed by atoms with E-state index in [1.807, 2.05) is 24.7 Å². The zero-order chi connectivity index (χ0) is 13.8. The van der Waals surface area contributed by atoms with Crippen LogP contribution in [-0.2, 0) is 17.9 Å². The van der Waals surface area contributed by atoms with Gasteiger partial charge in [0, 0.05) is 25.7 Å². The molecular formula is C12H16BrN5O. The summed E-state index contributed by atoms with van der Waals surface area (Å²) in [5.74, 6) is -0.0367. The van der Waals surface area contributed by atoms with E-state index in [1.54, 1.807) is 17.1 Å². The molecule has 0 saturated heterocycles. The van der Waals surface area contributed by atoms with Gasteiger partial charge in [0.15, 0.2) is 0 Å². The number of rotatable bonds is 5. The fourth-order valence-electron chi connectivity index (χ4n) is 1.78. The summed E-state index contributed by atoms with van der Waals surface area (Å²) in [6, 6.07) is 0. The highest BCUT2D eigenvalue weighted by Crippen LogP contribution is 2.13. The topological polar surface area (TPSA) is 64.7 Å². The van der Waals surface area contributed by atoms with E-state index in [1.165, 1.54) is 0 Å². The van der Waals surface area contributed by atoms with Crippen molar-refractivity contribution < 1.29 is 4.79 Å². The number of hydrogen-bond donors (Lipinski definition) is 1. The highest BCUT2D eigenvalue weighted by atomic mass is 79.9. The summed E-state index contributed by atoms with van der Waals surface area (Å²) in [7, 11) is 0. The Kier molecular flexibility index (Phi) is 4.36. The molecule has 6 nitrogen and oxygen atoms in total. The Bertz CT molecular complexity index is 574. The molecule has 1 amide bonds. The molecule has 2 aromatic rings. The number of hydrogen-bond acceptors (Lipinski definition) is 3. The van der Waals surface area contributed by atoms with E-state index in [0.717, 1.165) is 22.4 Å². The minimum atomic E-state index is -0.0367. The van der Waals surface area contributed by atoms with Crippen molar-refractivity contribution in [2.45, 2.75) is 33.4 Å². The van der Waals surface area contributed by atoms with E-state index in [2.05, 4.69) is 31.4 Å². The summed E-state index contributed by atoms with van der Waals surface area (Å²) in [4.78, 5) is 11.8. The molecule has 0 aliphatic carbocycles. The molecule has 2 aromatic heterocycles. The molecule has 7 heteroatoms. The van der Waals surface area contributed by atoms with Gasteiger partial charge in [0.25, 0.3) is 0 Å². The summed E-state index contributed by atoms with van der Waals surface area (Å²) in [5, 5.41) is 11.2. The van der Waals surface area contributed by atoms with Gasteiger partial charge in [-0.05, 0) is 29.8 Å². The normalized spacial score (nSPS) is 10.7. The number of carbonyl (C=O) groups excluding carboxylic acids is 1. The maximum atomic E-state index is 11.8. The van der Waals surface area contributed by atoms with E-state index in [-0.39, 0.29) is 5.91 Å². The Balaban J connectivity index is 1.88. The lowest BCUT2D eigenvalue weighted by Crippen LogP contribution is -2.15. The standard InChI is InChI=1S/C12H16BrN5O/c1-3-18-9(2)11(7-15-18)16-12(19)4-5-17-8-10(13)6-14-17/h6-8H,3-5H2,1-2H3,(H,16,19). The maximum Gasteiger partial charge on any atom is 0.226 e. The van der Waals surface area contributed by atoms with Crippen LogP contribution in [0.25, 0.3) is 0 Å². The van der Waals surface area contributed by atoms with Gasteiger partial charge in [-0.3, -0.25) is 14.2 Å². The van der Waals surface area contributed by atoms with E-state index in [9.17, 15) is 4.79 Å². The number of aromatic nitrogens is 4. The third-order valence-electron chi connectivity index (χ3n) is 2.85. The van der Waals surface area contributed by atoms with E-state index < -0.39 is 0 Å². The highest BCUT2D eigenvalue weighted by molar-refractivity contribution is 9.10. The lowest BCUT2D eigenvalue weighted by atomic mass is 10.3. The van der Waals surface area contributed by atoms with Gasteiger partial charge in [-0.1, -0.05) is 0 Å². The number of carbonyl (C=O) groups is 1. The third-order valence-corrected chi connectivity index (χ3v) is 3.26. The van der Waals surface area contributed by atoms with Crippen molar-refractivity contribution in [1.29, 1.82) is 0 Å². The third kappa shape index (κ3) is 3.44. The molecule has 2 rings (SSSR count). The molecule has 0 aliphatic heterocycles. The fraction of sp³-hybridized carbons (Fsp3) is 0.417. The average Bonchev–Trinajstić information content (AvgIpc) is 2.95. The van der Waals surface area contributed by atoms with Crippen LogP contribution in [0.1, 0.15) is 19.0 Å². The van der Waals surface area contributed by atoms with E-state index in [4.69, 9.17) is 0 Å². The second-order valence-corrected chi connectivity index (χ2v) is 5.09. The number of nitrogens with one attached hydrogen (secondary N) is 1. The van der Waals surface area contributed by atoms with Gasteiger partial charge in [0.1, 0.15) is 0 Å². The molecule has 0 bridgehead atoms. The molecule has 2 heterocycles. The Labute approximate surface area is 119 Å². The summed E-state index contributed by atoms with van der Waals surface area (Å²) in [6.07, 6.45) is 5.60. The lowest BCUT2D eigenvalue weighted by molar-refractivity contribution is -0.116. The van der Waals surface area contributed by atoms with Crippen molar-refractivity contribution in [1.82, 2.24) is 19.6 Å². The number of nitrogens with zero attached hydrogens (tertiary/aromatic N) is 4. The SMILES string of the molecule is CCn1ncc(NC(=O)CCn2cc(Br)cn2)c1C. The van der Waals surface area contributed by atoms with Crippen molar-refractivity contribution in [2.24, 2.45) is 0 Å². The van der Waals surface area contributed by atoms with Crippen LogP contribution in [-0.4, -0.2) is 25.5 Å². The van der Waals surface area contributed by atoms with Gasteiger partial charge in [-0.25, -0.2) is 0 Å². The van der Waals surface area contributed by atoms with Crippen molar-refractivity contribution in [3.05, 3.63) is 28.8 Å². The number of anilines is 1. The predicted octanol–water partition coefficient (Wildman–Crippen LogP) is 2.20. The summed E-state index contributed by atoms with van der Waals surface area (Å²) >= 11 is 3.32. The molecule has 1 N–H and O–H groups in total. The second-order valence-electron chi connectivity index (χ2n) is 4.18. The first-order chi connectivity index (χ1) is 9.10. The monoisotopic (exact) mass is 325 g/mol. The average molecular weight is 326 g/mol. The summed E-state index contributed by atoms with van der Waals surface area (Å²) in [5.41, 5.74) is 1.74. The molecule has 0 saturated carbocycles. The summed E-state index contributed by atoms with van der Waals surface area (Å²) in [6.45, 7) is 5.30. The molecule has 0 atom stereocenters. The molecule has 0 aliphatic rings. The van der Waals surface area contributed by atoms with Gasteiger partial charge in [-0.2, -0.15) is 10.2 Å². The molecule has 0 fully saturated rings. The molecule has 102 valence electrons. The van der Waals surface area contributed by atoms with Crippen molar-refractivity contribution >= 4 is 27.5 Å². The van der Waals surface area contributed by atoms with Crippen LogP contribution in [0.3, 0.4) is 0 Å². The molecule has 0 aromatic carbocycles. The Hall–Kier alpha value is -1.63. The van der Waals surface area contributed by atoms with E-state index >= 15 is 0 Å². The van der Waals surface area contributed by atoms with Crippen LogP contribution >= 0.6 is 15.9 Å². The minimum Gasteiger partial charge on any atom is -0.323 e. The quantitative estimate of drug-likeness (QED) is 0.916. The molecule has 0 spiro atoms. The van der Waals surface area contributed by atoms with Gasteiger partial charge < -0.3 is 5.32 Å². The summed E-state index contributed by atoms with van der Waals surface area (Å²) < 4.78 is 4.49. The minimum absolute atomic E-state index is 0.0367. The Morgan fingerprint density at radius 3 is 2.79 bits per heavy atom. The predicted molar refractivity (Wildman–Crippen MR) is 75.8 cm³/mol. The van der Waals surface area contributed by atoms with Crippen molar-refractivity contribution in [3.8, 4) is 0 Å². The second kappa shape index (κ2) is 6.01. The van der Waals surface area contributed by atoms with Gasteiger partial charge in [0.05, 0.1) is 28.2 Å². The zero-order valence-electron chi connectivity index (χ0n) is 10.9. The highest BCUT2D eigenvalue weighted by Gasteiger charge is 2.09. The first kappa shape index (κ1) is 13.8. The zero-order valence-corrected chi connectivity index (χ0v) is 12.5. The Morgan fingerprint density at radius 2 is 2.21 bits per heavy atom. The van der Waals surface area contributed by atoms with Gasteiger partial charge in [-0.15, -0.1) is 0 Å². The smallest absolute Gasteiger partial charge is 0.226 e. The molecule has 0 radical (unpaired) electrons. The van der Waals surface area contributed by atoms with Crippen LogP contribution in [0.2, 0.25) is 0 Å². The van der Waals surface area contributed by atoms with Gasteiger partial charge in [0.2, 0.25) is 5.91 Å². The van der Waals surface area contributed by atoms with Crippen LogP contribution in [0.15, 0.2) is 23.1 Å².